The largest absolute Gasteiger partial charge is 0.459 e. The van der Waals surface area contributed by atoms with Crippen molar-refractivity contribution in [3.05, 3.63) is 11.6 Å². The van der Waals surface area contributed by atoms with Crippen LogP contribution in [0.2, 0.25) is 0 Å². The van der Waals surface area contributed by atoms with Gasteiger partial charge in [-0.15, -0.1) is 0 Å². The highest BCUT2D eigenvalue weighted by atomic mass is 19.4. The van der Waals surface area contributed by atoms with Gasteiger partial charge in [0.15, 0.2) is 0 Å². The van der Waals surface area contributed by atoms with Crippen LogP contribution in [0.25, 0.3) is 0 Å². The summed E-state index contributed by atoms with van der Waals surface area (Å²) in [5.41, 5.74) is 4.89. The summed E-state index contributed by atoms with van der Waals surface area (Å²) in [4.78, 5) is 11.0. The van der Waals surface area contributed by atoms with Gasteiger partial charge in [-0.25, -0.2) is 4.79 Å². The van der Waals surface area contributed by atoms with Crippen molar-refractivity contribution in [1.29, 1.82) is 0 Å². The maximum Gasteiger partial charge on any atom is 0.413 e. The molecular weight excluding hydrogens is 223 g/mol. The van der Waals surface area contributed by atoms with Gasteiger partial charge in [-0.2, -0.15) is 13.2 Å². The molecule has 0 spiro atoms. The van der Waals surface area contributed by atoms with E-state index in [4.69, 9.17) is 10.5 Å². The topological polar surface area (TPSA) is 52.3 Å². The van der Waals surface area contributed by atoms with E-state index in [1.54, 1.807) is 0 Å². The van der Waals surface area contributed by atoms with E-state index in [1.807, 2.05) is 0 Å². The minimum atomic E-state index is -4.45. The van der Waals surface area contributed by atoms with Crippen molar-refractivity contribution in [3.63, 3.8) is 0 Å². The quantitative estimate of drug-likeness (QED) is 0.648. The number of fused-ring (bicyclic) bond motifs is 1. The van der Waals surface area contributed by atoms with Gasteiger partial charge in [0.05, 0.1) is 0 Å². The number of rotatable bonds is 0. The molecule has 0 aromatic heterocycles. The molecule has 2 N–H and O–H groups in total. The Hall–Kier alpha value is -1.04. The normalized spacial score (nSPS) is 35.1. The van der Waals surface area contributed by atoms with E-state index in [0.717, 1.165) is 0 Å². The Labute approximate surface area is 90.4 Å². The number of hydrogen-bond donors (Lipinski definition) is 1. The van der Waals surface area contributed by atoms with E-state index in [0.29, 0.717) is 25.3 Å². The van der Waals surface area contributed by atoms with E-state index in [9.17, 15) is 18.0 Å². The highest BCUT2D eigenvalue weighted by molar-refractivity contribution is 5.84. The van der Waals surface area contributed by atoms with Gasteiger partial charge < -0.3 is 10.5 Å². The van der Waals surface area contributed by atoms with Crippen LogP contribution in [0.3, 0.4) is 0 Å². The average molecular weight is 235 g/mol. The Balaban J connectivity index is 2.27. The van der Waals surface area contributed by atoms with Crippen LogP contribution in [-0.2, 0) is 9.53 Å². The van der Waals surface area contributed by atoms with E-state index in [1.165, 1.54) is 0 Å². The van der Waals surface area contributed by atoms with E-state index < -0.39 is 29.7 Å². The molecule has 3 unspecified atom stereocenters. The number of hydrogen-bond acceptors (Lipinski definition) is 3. The third-order valence-corrected chi connectivity index (χ3v) is 3.10. The van der Waals surface area contributed by atoms with Gasteiger partial charge in [0.2, 0.25) is 0 Å². The van der Waals surface area contributed by atoms with Crippen LogP contribution in [0.1, 0.15) is 19.3 Å². The van der Waals surface area contributed by atoms with E-state index in [2.05, 4.69) is 0 Å². The van der Waals surface area contributed by atoms with Crippen LogP contribution in [-0.4, -0.2) is 24.3 Å². The van der Waals surface area contributed by atoms with Gasteiger partial charge >= 0.3 is 12.1 Å². The Morgan fingerprint density at radius 3 is 2.69 bits per heavy atom. The zero-order chi connectivity index (χ0) is 11.9. The van der Waals surface area contributed by atoms with Crippen molar-refractivity contribution in [3.8, 4) is 0 Å². The maximum absolute atomic E-state index is 12.7. The average Bonchev–Trinajstić information content (AvgIpc) is 2.14. The molecule has 0 aromatic carbocycles. The van der Waals surface area contributed by atoms with Crippen molar-refractivity contribution in [2.45, 2.75) is 37.6 Å². The Morgan fingerprint density at radius 1 is 1.38 bits per heavy atom. The van der Waals surface area contributed by atoms with Crippen LogP contribution >= 0.6 is 0 Å². The molecular formula is C10H12F3NO2. The summed E-state index contributed by atoms with van der Waals surface area (Å²) in [5, 5.41) is 0. The lowest BCUT2D eigenvalue weighted by Crippen LogP contribution is -2.44. The molecule has 0 saturated heterocycles. The van der Waals surface area contributed by atoms with Crippen molar-refractivity contribution in [2.24, 2.45) is 11.7 Å². The van der Waals surface area contributed by atoms with Crippen molar-refractivity contribution >= 4 is 5.97 Å². The first-order valence-corrected chi connectivity index (χ1v) is 5.13. The predicted octanol–water partition coefficient (Wildman–Crippen LogP) is 1.53. The second kappa shape index (κ2) is 3.76. The Kier molecular flexibility index (Phi) is 2.69. The van der Waals surface area contributed by atoms with Crippen molar-refractivity contribution in [1.82, 2.24) is 0 Å². The molecule has 3 atom stereocenters. The molecule has 1 aliphatic carbocycles. The lowest BCUT2D eigenvalue weighted by Gasteiger charge is -2.38. The number of carbonyl (C=O) groups excluding carboxylic acids is 1. The molecule has 1 aliphatic heterocycles. The number of halogens is 3. The van der Waals surface area contributed by atoms with Gasteiger partial charge in [-0.05, 0) is 12.8 Å². The second-order valence-electron chi connectivity index (χ2n) is 4.25. The van der Waals surface area contributed by atoms with Crippen LogP contribution in [0.5, 0.6) is 0 Å². The zero-order valence-corrected chi connectivity index (χ0v) is 8.46. The fourth-order valence-corrected chi connectivity index (χ4v) is 2.36. The van der Waals surface area contributed by atoms with Crippen LogP contribution in [0.15, 0.2) is 11.6 Å². The molecule has 6 heteroatoms. The van der Waals surface area contributed by atoms with Crippen LogP contribution < -0.4 is 5.73 Å². The third kappa shape index (κ3) is 2.07. The summed E-state index contributed by atoms with van der Waals surface area (Å²) in [6, 6.07) is -0.179. The molecule has 16 heavy (non-hydrogen) atoms. The van der Waals surface area contributed by atoms with Gasteiger partial charge in [-0.3, -0.25) is 0 Å². The summed E-state index contributed by atoms with van der Waals surface area (Å²) in [6.07, 6.45) is -3.43. The molecule has 0 radical (unpaired) electrons. The molecule has 3 nitrogen and oxygen atoms in total. The zero-order valence-electron chi connectivity index (χ0n) is 8.46. The van der Waals surface area contributed by atoms with E-state index >= 15 is 0 Å². The molecule has 1 heterocycles. The summed E-state index contributed by atoms with van der Waals surface area (Å²) in [5.74, 6) is -1.65. The first-order valence-electron chi connectivity index (χ1n) is 5.13. The monoisotopic (exact) mass is 235 g/mol. The fourth-order valence-electron chi connectivity index (χ4n) is 2.36. The van der Waals surface area contributed by atoms with Crippen LogP contribution in [0.4, 0.5) is 13.2 Å². The van der Waals surface area contributed by atoms with Gasteiger partial charge in [0, 0.05) is 30.0 Å². The minimum absolute atomic E-state index is 0.179. The summed E-state index contributed by atoms with van der Waals surface area (Å²) >= 11 is 0. The first-order chi connectivity index (χ1) is 7.38. The van der Waals surface area contributed by atoms with Gasteiger partial charge in [0.25, 0.3) is 0 Å². The third-order valence-electron chi connectivity index (χ3n) is 3.10. The lowest BCUT2D eigenvalue weighted by atomic mass is 9.78. The highest BCUT2D eigenvalue weighted by Crippen LogP contribution is 2.42. The second-order valence-corrected chi connectivity index (χ2v) is 4.25. The maximum atomic E-state index is 12.7. The Bertz CT molecular complexity index is 337. The standard InChI is InChI=1S/C10H12F3NO2/c11-10(12,13)7-4-9(15)16-8-3-5(14)1-2-6(7)8/h4-6,8H,1-3,14H2. The summed E-state index contributed by atoms with van der Waals surface area (Å²) in [7, 11) is 0. The summed E-state index contributed by atoms with van der Waals surface area (Å²) < 4.78 is 42.9. The number of ether oxygens (including phenoxy) is 1. The van der Waals surface area contributed by atoms with Crippen molar-refractivity contribution in [2.75, 3.05) is 0 Å². The SMILES string of the molecule is NC1CCC2C(C(F)(F)F)=CC(=O)OC2C1. The number of carbonyl (C=O) groups is 1. The fraction of sp³-hybridized carbons (Fsp3) is 0.700. The number of alkyl halides is 3. The molecule has 1 fully saturated rings. The molecule has 90 valence electrons. The van der Waals surface area contributed by atoms with Crippen molar-refractivity contribution < 1.29 is 22.7 Å². The number of nitrogens with two attached hydrogens (primary N) is 1. The first kappa shape index (κ1) is 11.4. The molecule has 2 rings (SSSR count). The van der Waals surface area contributed by atoms with Gasteiger partial charge in [-0.1, -0.05) is 0 Å². The molecule has 2 aliphatic rings. The van der Waals surface area contributed by atoms with E-state index in [-0.39, 0.29) is 6.04 Å². The molecule has 0 aromatic rings. The number of esters is 1. The molecule has 1 saturated carbocycles. The smallest absolute Gasteiger partial charge is 0.413 e. The molecule has 0 bridgehead atoms. The lowest BCUT2D eigenvalue weighted by molar-refractivity contribution is -0.157. The Morgan fingerprint density at radius 2 is 2.06 bits per heavy atom. The van der Waals surface area contributed by atoms with Gasteiger partial charge in [0.1, 0.15) is 6.10 Å². The predicted molar refractivity (Wildman–Crippen MR) is 49.3 cm³/mol. The minimum Gasteiger partial charge on any atom is -0.459 e. The van der Waals surface area contributed by atoms with Crippen LogP contribution in [0, 0.1) is 5.92 Å². The summed E-state index contributed by atoms with van der Waals surface area (Å²) in [6.45, 7) is 0. The molecule has 0 amide bonds. The highest BCUT2D eigenvalue weighted by Gasteiger charge is 2.47.